The lowest BCUT2D eigenvalue weighted by Crippen LogP contribution is -2.51. The third kappa shape index (κ3) is 3.53. The van der Waals surface area contributed by atoms with E-state index in [-0.39, 0.29) is 30.5 Å². The monoisotopic (exact) mass is 464 g/mol. The van der Waals surface area contributed by atoms with Crippen molar-refractivity contribution in [2.75, 3.05) is 7.05 Å². The van der Waals surface area contributed by atoms with Crippen molar-refractivity contribution < 1.29 is 13.9 Å². The average molecular weight is 465 g/mol. The van der Waals surface area contributed by atoms with E-state index in [0.29, 0.717) is 21.9 Å². The van der Waals surface area contributed by atoms with Crippen molar-refractivity contribution in [3.8, 4) is 16.9 Å². The first kappa shape index (κ1) is 21.4. The maximum atomic E-state index is 14.5. The third-order valence-corrected chi connectivity index (χ3v) is 6.49. The molecule has 8 heteroatoms. The molecule has 2 N–H and O–H groups in total. The number of aliphatic imine (C=N–C) groups is 1. The summed E-state index contributed by atoms with van der Waals surface area (Å²) in [6, 6.07) is 13.9. The summed E-state index contributed by atoms with van der Waals surface area (Å²) in [4.78, 5) is 23.7. The minimum atomic E-state index is -1.27. The third-order valence-electron chi connectivity index (χ3n) is 6.28. The highest BCUT2D eigenvalue weighted by Gasteiger charge is 2.56. The molecule has 3 heterocycles. The molecule has 0 saturated carbocycles. The lowest BCUT2D eigenvalue weighted by Gasteiger charge is -2.43. The highest BCUT2D eigenvalue weighted by atomic mass is 35.5. The van der Waals surface area contributed by atoms with Crippen molar-refractivity contribution in [3.05, 3.63) is 82.9 Å². The van der Waals surface area contributed by atoms with Crippen LogP contribution in [0.4, 0.5) is 4.39 Å². The molecule has 2 aromatic carbocycles. The number of aromatic nitrogens is 1. The Labute approximate surface area is 195 Å². The number of benzene rings is 2. The van der Waals surface area contributed by atoms with Crippen molar-refractivity contribution in [2.45, 2.75) is 30.9 Å². The number of amides is 1. The molecule has 6 nitrogen and oxygen atoms in total. The predicted octanol–water partition coefficient (Wildman–Crippen LogP) is 4.31. The first-order valence-corrected chi connectivity index (χ1v) is 10.9. The molecule has 33 heavy (non-hydrogen) atoms. The van der Waals surface area contributed by atoms with Gasteiger partial charge in [0.1, 0.15) is 17.2 Å². The zero-order valence-electron chi connectivity index (χ0n) is 18.2. The molecule has 2 atom stereocenters. The number of hydrogen-bond donors (Lipinski definition) is 1. The number of rotatable bonds is 3. The number of nitrogens with zero attached hydrogens (tertiary/aromatic N) is 3. The van der Waals surface area contributed by atoms with Crippen LogP contribution in [0.15, 0.2) is 65.9 Å². The zero-order valence-corrected chi connectivity index (χ0v) is 18.9. The number of likely N-dealkylation sites (N-methyl/N-ethyl adjacent to an activating group) is 1. The maximum Gasteiger partial charge on any atom is 0.261 e. The van der Waals surface area contributed by atoms with Crippen LogP contribution < -0.4 is 10.5 Å². The molecule has 0 fully saturated rings. The second-order valence-corrected chi connectivity index (χ2v) is 9.23. The molecule has 1 spiro atoms. The van der Waals surface area contributed by atoms with Crippen LogP contribution in [0.25, 0.3) is 11.1 Å². The molecule has 168 valence electrons. The standard InChI is InChI=1S/C25H22ClFN4O2/c1-24(11-16-5-3-4-6-20(16)27)14-25(22(32)31(2)23(28)30-25)19-10-15(7-8-21(19)33-24)17-9-18(26)13-29-12-17/h3-10,12-13H,11,14H2,1-2H3,(H2,28,30)/t24-,25?/m1/s1. The van der Waals surface area contributed by atoms with Crippen molar-refractivity contribution in [3.63, 3.8) is 0 Å². The zero-order chi connectivity index (χ0) is 23.4. The quantitative estimate of drug-likeness (QED) is 0.626. The van der Waals surface area contributed by atoms with Crippen LogP contribution in [-0.2, 0) is 16.8 Å². The lowest BCUT2D eigenvalue weighted by molar-refractivity contribution is -0.133. The van der Waals surface area contributed by atoms with Gasteiger partial charge in [0.15, 0.2) is 11.5 Å². The molecule has 0 radical (unpaired) electrons. The molecular weight excluding hydrogens is 443 g/mol. The van der Waals surface area contributed by atoms with Crippen molar-refractivity contribution in [2.24, 2.45) is 10.7 Å². The number of ether oxygens (including phenoxy) is 1. The van der Waals surface area contributed by atoms with Gasteiger partial charge < -0.3 is 10.5 Å². The fourth-order valence-electron chi connectivity index (χ4n) is 4.76. The Morgan fingerprint density at radius 3 is 2.67 bits per heavy atom. The number of halogens is 2. The van der Waals surface area contributed by atoms with Crippen LogP contribution in [0.2, 0.25) is 5.02 Å². The second-order valence-electron chi connectivity index (χ2n) is 8.79. The van der Waals surface area contributed by atoms with Gasteiger partial charge >= 0.3 is 0 Å². The van der Waals surface area contributed by atoms with Gasteiger partial charge in [-0.1, -0.05) is 35.9 Å². The maximum absolute atomic E-state index is 14.5. The topological polar surface area (TPSA) is 80.8 Å². The molecule has 2 aliphatic rings. The van der Waals surface area contributed by atoms with Crippen LogP contribution in [0.5, 0.6) is 5.75 Å². The largest absolute Gasteiger partial charge is 0.487 e. The molecule has 3 aromatic rings. The Morgan fingerprint density at radius 2 is 1.97 bits per heavy atom. The summed E-state index contributed by atoms with van der Waals surface area (Å²) < 4.78 is 20.9. The van der Waals surface area contributed by atoms with Gasteiger partial charge in [-0.2, -0.15) is 0 Å². The number of nitrogens with two attached hydrogens (primary N) is 1. The van der Waals surface area contributed by atoms with E-state index in [1.807, 2.05) is 25.1 Å². The van der Waals surface area contributed by atoms with E-state index >= 15 is 0 Å². The molecule has 1 aromatic heterocycles. The Bertz CT molecular complexity index is 1310. The van der Waals surface area contributed by atoms with Crippen molar-refractivity contribution in [1.82, 2.24) is 9.88 Å². The minimum Gasteiger partial charge on any atom is -0.487 e. The number of carbonyl (C=O) groups is 1. The number of fused-ring (bicyclic) bond motifs is 2. The molecule has 1 amide bonds. The summed E-state index contributed by atoms with van der Waals surface area (Å²) in [6.07, 6.45) is 3.74. The summed E-state index contributed by atoms with van der Waals surface area (Å²) in [5.74, 6) is 0.0875. The van der Waals surface area contributed by atoms with Gasteiger partial charge in [-0.15, -0.1) is 0 Å². The molecule has 2 aliphatic heterocycles. The number of hydrogen-bond acceptors (Lipinski definition) is 5. The Kier molecular flexibility index (Phi) is 4.90. The van der Waals surface area contributed by atoms with Crippen LogP contribution >= 0.6 is 11.6 Å². The SMILES string of the molecule is CN1C(=O)C2(C[C@@](C)(Cc3ccccc3F)Oc3ccc(-c4cncc(Cl)c4)cc32)N=C1N. The predicted molar refractivity (Wildman–Crippen MR) is 125 cm³/mol. The van der Waals surface area contributed by atoms with Gasteiger partial charge in [0, 0.05) is 43.4 Å². The minimum absolute atomic E-state index is 0.135. The van der Waals surface area contributed by atoms with Gasteiger partial charge in [-0.3, -0.25) is 14.7 Å². The summed E-state index contributed by atoms with van der Waals surface area (Å²) in [5.41, 5.74) is 6.68. The fraction of sp³-hybridized carbons (Fsp3) is 0.240. The Balaban J connectivity index is 1.65. The van der Waals surface area contributed by atoms with Gasteiger partial charge in [-0.05, 0) is 42.3 Å². The van der Waals surface area contributed by atoms with E-state index in [0.717, 1.165) is 11.1 Å². The molecule has 0 saturated heterocycles. The van der Waals surface area contributed by atoms with E-state index in [2.05, 4.69) is 9.98 Å². The Morgan fingerprint density at radius 1 is 1.18 bits per heavy atom. The van der Waals surface area contributed by atoms with Crippen LogP contribution in [0, 0.1) is 5.82 Å². The fourth-order valence-corrected chi connectivity index (χ4v) is 4.94. The first-order chi connectivity index (χ1) is 15.7. The van der Waals surface area contributed by atoms with E-state index in [4.69, 9.17) is 22.1 Å². The van der Waals surface area contributed by atoms with Crippen LogP contribution in [0.1, 0.15) is 24.5 Å². The summed E-state index contributed by atoms with van der Waals surface area (Å²) >= 11 is 6.13. The first-order valence-electron chi connectivity index (χ1n) is 10.5. The normalized spacial score (nSPS) is 23.9. The second kappa shape index (κ2) is 7.56. The summed E-state index contributed by atoms with van der Waals surface area (Å²) in [6.45, 7) is 1.87. The molecule has 0 aliphatic carbocycles. The van der Waals surface area contributed by atoms with E-state index in [9.17, 15) is 9.18 Å². The van der Waals surface area contributed by atoms with Crippen LogP contribution in [-0.4, -0.2) is 34.4 Å². The highest BCUT2D eigenvalue weighted by Crippen LogP contribution is 2.50. The van der Waals surface area contributed by atoms with Crippen molar-refractivity contribution >= 4 is 23.5 Å². The molecule has 5 rings (SSSR count). The van der Waals surface area contributed by atoms with Gasteiger partial charge in [0.25, 0.3) is 5.91 Å². The smallest absolute Gasteiger partial charge is 0.261 e. The highest BCUT2D eigenvalue weighted by molar-refractivity contribution is 6.30. The molecule has 0 bridgehead atoms. The average Bonchev–Trinajstić information content (AvgIpc) is 2.99. The number of guanidine groups is 1. The summed E-state index contributed by atoms with van der Waals surface area (Å²) in [5, 5.41) is 0.507. The van der Waals surface area contributed by atoms with Gasteiger partial charge in [0.2, 0.25) is 0 Å². The molecule has 1 unspecified atom stereocenters. The van der Waals surface area contributed by atoms with E-state index < -0.39 is 11.1 Å². The Hall–Kier alpha value is -3.45. The molecular formula is C25H22ClFN4O2. The van der Waals surface area contributed by atoms with Crippen LogP contribution in [0.3, 0.4) is 0 Å². The lowest BCUT2D eigenvalue weighted by atomic mass is 9.74. The van der Waals surface area contributed by atoms with E-state index in [1.54, 1.807) is 43.7 Å². The number of carbonyl (C=O) groups excluding carboxylic acids is 1. The van der Waals surface area contributed by atoms with Crippen molar-refractivity contribution in [1.29, 1.82) is 0 Å². The van der Waals surface area contributed by atoms with E-state index in [1.165, 1.54) is 11.0 Å². The van der Waals surface area contributed by atoms with Gasteiger partial charge in [-0.25, -0.2) is 9.38 Å². The summed E-state index contributed by atoms with van der Waals surface area (Å²) in [7, 11) is 1.60. The van der Waals surface area contributed by atoms with Gasteiger partial charge in [0.05, 0.1) is 5.02 Å². The number of pyridine rings is 1.